The molecule has 0 spiro atoms. The predicted molar refractivity (Wildman–Crippen MR) is 103 cm³/mol. The Balaban J connectivity index is 1.77. The number of carbonyl (C=O) groups is 1. The quantitative estimate of drug-likeness (QED) is 0.604. The number of unbranched alkanes of at least 4 members (excludes halogenated alkanes) is 1. The number of nitrogens with zero attached hydrogens (tertiary/aromatic N) is 2. The molecule has 1 aromatic heterocycles. The predicted octanol–water partition coefficient (Wildman–Crippen LogP) is 4.19. The van der Waals surface area contributed by atoms with Gasteiger partial charge in [0.15, 0.2) is 0 Å². The summed E-state index contributed by atoms with van der Waals surface area (Å²) in [4.78, 5) is 16.9. The van der Waals surface area contributed by atoms with Crippen molar-refractivity contribution in [1.29, 1.82) is 0 Å². The van der Waals surface area contributed by atoms with Gasteiger partial charge in [-0.05, 0) is 42.8 Å². The van der Waals surface area contributed by atoms with Gasteiger partial charge in [-0.2, -0.15) is 0 Å². The lowest BCUT2D eigenvalue weighted by Gasteiger charge is -2.11. The van der Waals surface area contributed by atoms with Crippen molar-refractivity contribution < 1.29 is 9.53 Å². The molecule has 0 radical (unpaired) electrons. The number of aromatic nitrogens is 2. The minimum atomic E-state index is -0.0191. The highest BCUT2D eigenvalue weighted by atomic mass is 35.5. The molecule has 0 unspecified atom stereocenters. The van der Waals surface area contributed by atoms with E-state index in [1.165, 1.54) is 0 Å². The molecule has 0 aliphatic carbocycles. The monoisotopic (exact) mass is 371 g/mol. The number of imidazole rings is 1. The van der Waals surface area contributed by atoms with Crippen molar-refractivity contribution >= 4 is 28.5 Å². The summed E-state index contributed by atoms with van der Waals surface area (Å²) in [6.45, 7) is 3.29. The highest BCUT2D eigenvalue weighted by Crippen LogP contribution is 2.20. The average Bonchev–Trinajstić information content (AvgIpc) is 2.99. The zero-order chi connectivity index (χ0) is 18.4. The first-order valence-corrected chi connectivity index (χ1v) is 9.14. The molecule has 26 heavy (non-hydrogen) atoms. The normalized spacial score (nSPS) is 10.8. The Hall–Kier alpha value is -2.53. The molecule has 2 aromatic carbocycles. The van der Waals surface area contributed by atoms with E-state index in [0.717, 1.165) is 23.9 Å². The third-order valence-corrected chi connectivity index (χ3v) is 4.32. The number of hydrogen-bond donors (Lipinski definition) is 1. The lowest BCUT2D eigenvalue weighted by Crippen LogP contribution is -2.29. The van der Waals surface area contributed by atoms with E-state index < -0.39 is 0 Å². The van der Waals surface area contributed by atoms with Gasteiger partial charge in [0.25, 0.3) is 0 Å². The van der Waals surface area contributed by atoms with E-state index in [1.807, 2.05) is 41.0 Å². The molecule has 3 aromatic rings. The van der Waals surface area contributed by atoms with Gasteiger partial charge in [-0.1, -0.05) is 37.1 Å². The molecule has 0 bridgehead atoms. The summed E-state index contributed by atoms with van der Waals surface area (Å²) in [5.74, 6) is 1.40. The second-order valence-electron chi connectivity index (χ2n) is 6.05. The van der Waals surface area contributed by atoms with Crippen LogP contribution in [0.15, 0.2) is 48.5 Å². The Bertz CT molecular complexity index is 874. The maximum Gasteiger partial charge on any atom is 0.240 e. The zero-order valence-electron chi connectivity index (χ0n) is 14.7. The van der Waals surface area contributed by atoms with Crippen molar-refractivity contribution in [3.63, 3.8) is 0 Å². The third kappa shape index (κ3) is 4.55. The summed E-state index contributed by atoms with van der Waals surface area (Å²) in [5.41, 5.74) is 1.77. The first-order chi connectivity index (χ1) is 12.7. The fraction of sp³-hybridized carbons (Fsp3) is 0.300. The molecule has 1 amide bonds. The molecule has 1 heterocycles. The highest BCUT2D eigenvalue weighted by Gasteiger charge is 2.14. The topological polar surface area (TPSA) is 56.2 Å². The van der Waals surface area contributed by atoms with Crippen LogP contribution >= 0.6 is 11.6 Å². The first-order valence-electron chi connectivity index (χ1n) is 8.76. The Morgan fingerprint density at radius 2 is 1.96 bits per heavy atom. The molecule has 0 saturated heterocycles. The summed E-state index contributed by atoms with van der Waals surface area (Å²) >= 11 is 5.90. The molecule has 5 nitrogen and oxygen atoms in total. The van der Waals surface area contributed by atoms with Crippen molar-refractivity contribution in [2.24, 2.45) is 0 Å². The van der Waals surface area contributed by atoms with E-state index in [0.29, 0.717) is 23.1 Å². The molecule has 0 aliphatic rings. The summed E-state index contributed by atoms with van der Waals surface area (Å²) in [6, 6.07) is 15.0. The van der Waals surface area contributed by atoms with Crippen molar-refractivity contribution in [3.05, 3.63) is 59.4 Å². The Kier molecular flexibility index (Phi) is 6.12. The SMILES string of the molecule is CCCCNC(=O)Cn1c(COc2ccc(Cl)cc2)nc2ccccc21. The van der Waals surface area contributed by atoms with Crippen LogP contribution in [0.1, 0.15) is 25.6 Å². The molecular weight excluding hydrogens is 350 g/mol. The fourth-order valence-electron chi connectivity index (χ4n) is 2.69. The van der Waals surface area contributed by atoms with Gasteiger partial charge >= 0.3 is 0 Å². The molecule has 6 heteroatoms. The molecule has 0 fully saturated rings. The summed E-state index contributed by atoms with van der Waals surface area (Å²) in [5, 5.41) is 3.61. The zero-order valence-corrected chi connectivity index (χ0v) is 15.5. The van der Waals surface area contributed by atoms with Crippen LogP contribution in [0.5, 0.6) is 5.75 Å². The van der Waals surface area contributed by atoms with Gasteiger partial charge in [-0.25, -0.2) is 4.98 Å². The fourth-order valence-corrected chi connectivity index (χ4v) is 2.82. The van der Waals surface area contributed by atoms with Gasteiger partial charge in [-0.15, -0.1) is 0 Å². The van der Waals surface area contributed by atoms with E-state index in [1.54, 1.807) is 12.1 Å². The number of fused-ring (bicyclic) bond motifs is 1. The highest BCUT2D eigenvalue weighted by molar-refractivity contribution is 6.30. The van der Waals surface area contributed by atoms with Gasteiger partial charge in [0.2, 0.25) is 5.91 Å². The summed E-state index contributed by atoms with van der Waals surface area (Å²) < 4.78 is 7.73. The standard InChI is InChI=1S/C20H22ClN3O2/c1-2-3-12-22-20(25)13-24-18-7-5-4-6-17(18)23-19(24)14-26-16-10-8-15(21)9-11-16/h4-11H,2-3,12-14H2,1H3,(H,22,25). The first kappa shape index (κ1) is 18.3. The maximum atomic E-state index is 12.3. The van der Waals surface area contributed by atoms with Crippen LogP contribution in [0.25, 0.3) is 11.0 Å². The van der Waals surface area contributed by atoms with Crippen LogP contribution in [-0.4, -0.2) is 22.0 Å². The molecule has 0 saturated carbocycles. The summed E-state index contributed by atoms with van der Waals surface area (Å²) in [6.07, 6.45) is 2.03. The third-order valence-electron chi connectivity index (χ3n) is 4.07. The van der Waals surface area contributed by atoms with E-state index in [4.69, 9.17) is 16.3 Å². The number of rotatable bonds is 8. The van der Waals surface area contributed by atoms with Crippen molar-refractivity contribution in [1.82, 2.24) is 14.9 Å². The van der Waals surface area contributed by atoms with E-state index in [2.05, 4.69) is 17.2 Å². The van der Waals surface area contributed by atoms with Gasteiger partial charge in [0.05, 0.1) is 11.0 Å². The minimum absolute atomic E-state index is 0.0191. The van der Waals surface area contributed by atoms with Crippen molar-refractivity contribution in [2.45, 2.75) is 32.9 Å². The van der Waals surface area contributed by atoms with E-state index in [-0.39, 0.29) is 19.1 Å². The number of carbonyl (C=O) groups excluding carboxylic acids is 1. The number of benzene rings is 2. The molecular formula is C20H22ClN3O2. The molecule has 0 atom stereocenters. The molecule has 136 valence electrons. The smallest absolute Gasteiger partial charge is 0.240 e. The van der Waals surface area contributed by atoms with E-state index >= 15 is 0 Å². The number of para-hydroxylation sites is 2. The van der Waals surface area contributed by atoms with Gasteiger partial charge in [0, 0.05) is 11.6 Å². The van der Waals surface area contributed by atoms with Crippen molar-refractivity contribution in [2.75, 3.05) is 6.54 Å². The van der Waals surface area contributed by atoms with Gasteiger partial charge in [-0.3, -0.25) is 4.79 Å². The second kappa shape index (κ2) is 8.72. The van der Waals surface area contributed by atoms with Gasteiger partial charge in [0.1, 0.15) is 24.7 Å². The lowest BCUT2D eigenvalue weighted by molar-refractivity contribution is -0.121. The number of amides is 1. The minimum Gasteiger partial charge on any atom is -0.486 e. The second-order valence-corrected chi connectivity index (χ2v) is 6.49. The Morgan fingerprint density at radius 3 is 2.73 bits per heavy atom. The number of hydrogen-bond acceptors (Lipinski definition) is 3. The number of nitrogens with one attached hydrogen (secondary N) is 1. The van der Waals surface area contributed by atoms with Crippen LogP contribution in [0.2, 0.25) is 5.02 Å². The van der Waals surface area contributed by atoms with Crippen LogP contribution in [0.4, 0.5) is 0 Å². The lowest BCUT2D eigenvalue weighted by atomic mass is 10.3. The van der Waals surface area contributed by atoms with Crippen LogP contribution in [0, 0.1) is 0 Å². The molecule has 3 rings (SSSR count). The molecule has 1 N–H and O–H groups in total. The van der Waals surface area contributed by atoms with Crippen LogP contribution in [-0.2, 0) is 17.9 Å². The summed E-state index contributed by atoms with van der Waals surface area (Å²) in [7, 11) is 0. The molecule has 0 aliphatic heterocycles. The van der Waals surface area contributed by atoms with Crippen molar-refractivity contribution in [3.8, 4) is 5.75 Å². The van der Waals surface area contributed by atoms with Crippen LogP contribution < -0.4 is 10.1 Å². The van der Waals surface area contributed by atoms with E-state index in [9.17, 15) is 4.79 Å². The van der Waals surface area contributed by atoms with Crippen LogP contribution in [0.3, 0.4) is 0 Å². The Morgan fingerprint density at radius 1 is 1.19 bits per heavy atom. The number of halogens is 1. The average molecular weight is 372 g/mol. The Labute approximate surface area is 157 Å². The largest absolute Gasteiger partial charge is 0.486 e. The van der Waals surface area contributed by atoms with Gasteiger partial charge < -0.3 is 14.6 Å². The maximum absolute atomic E-state index is 12.3. The number of ether oxygens (including phenoxy) is 1.